The van der Waals surface area contributed by atoms with Crippen molar-refractivity contribution in [3.63, 3.8) is 0 Å². The van der Waals surface area contributed by atoms with Crippen molar-refractivity contribution in [2.24, 2.45) is 5.92 Å². The molecule has 1 aliphatic heterocycles. The number of hydrogen-bond acceptors (Lipinski definition) is 2. The van der Waals surface area contributed by atoms with Crippen molar-refractivity contribution in [3.05, 3.63) is 11.6 Å². The quantitative estimate of drug-likeness (QED) is 0.523. The van der Waals surface area contributed by atoms with Gasteiger partial charge in [0.05, 0.1) is 13.2 Å². The van der Waals surface area contributed by atoms with Gasteiger partial charge < -0.3 is 4.74 Å². The molecular formula is C9H12O2. The number of rotatable bonds is 0. The summed E-state index contributed by atoms with van der Waals surface area (Å²) in [6.45, 7) is 1.63. The van der Waals surface area contributed by atoms with Crippen molar-refractivity contribution < 1.29 is 9.53 Å². The van der Waals surface area contributed by atoms with E-state index in [1.165, 1.54) is 5.57 Å². The highest BCUT2D eigenvalue weighted by atomic mass is 16.5. The molecule has 0 amide bonds. The number of ketones is 1. The number of ether oxygens (including phenoxy) is 1. The first kappa shape index (κ1) is 7.04. The molecule has 2 heteroatoms. The molecule has 0 aromatic carbocycles. The zero-order valence-electron chi connectivity index (χ0n) is 6.51. The van der Waals surface area contributed by atoms with Crippen molar-refractivity contribution in [1.82, 2.24) is 0 Å². The van der Waals surface area contributed by atoms with Gasteiger partial charge in [0.25, 0.3) is 0 Å². The van der Waals surface area contributed by atoms with E-state index >= 15 is 0 Å². The van der Waals surface area contributed by atoms with E-state index in [0.29, 0.717) is 11.7 Å². The summed E-state index contributed by atoms with van der Waals surface area (Å²) in [7, 11) is 0. The lowest BCUT2D eigenvalue weighted by Gasteiger charge is -2.27. The molecule has 0 aromatic heterocycles. The van der Waals surface area contributed by atoms with Crippen LogP contribution in [-0.4, -0.2) is 19.0 Å². The molecule has 0 bridgehead atoms. The molecule has 1 aliphatic carbocycles. The largest absolute Gasteiger partial charge is 0.380 e. The van der Waals surface area contributed by atoms with Crippen LogP contribution in [0.4, 0.5) is 0 Å². The van der Waals surface area contributed by atoms with E-state index in [1.54, 1.807) is 0 Å². The number of fused-ring (bicyclic) bond motifs is 1. The Labute approximate surface area is 66.2 Å². The Hall–Kier alpha value is -0.630. The molecule has 2 aliphatic rings. The Bertz CT molecular complexity index is 206. The summed E-state index contributed by atoms with van der Waals surface area (Å²) in [5.74, 6) is 0.861. The number of hydrogen-bond donors (Lipinski definition) is 0. The van der Waals surface area contributed by atoms with Gasteiger partial charge in [-0.15, -0.1) is 0 Å². The van der Waals surface area contributed by atoms with Crippen molar-refractivity contribution in [2.45, 2.75) is 19.3 Å². The van der Waals surface area contributed by atoms with Crippen molar-refractivity contribution >= 4 is 5.78 Å². The lowest BCUT2D eigenvalue weighted by atomic mass is 9.85. The predicted octanol–water partition coefficient (Wildman–Crippen LogP) is 1.31. The number of carbonyl (C=O) groups is 1. The van der Waals surface area contributed by atoms with E-state index in [-0.39, 0.29) is 0 Å². The first-order chi connectivity index (χ1) is 5.36. The monoisotopic (exact) mass is 152 g/mol. The summed E-state index contributed by atoms with van der Waals surface area (Å²) in [6.07, 6.45) is 4.52. The van der Waals surface area contributed by atoms with Gasteiger partial charge in [0.15, 0.2) is 5.78 Å². The van der Waals surface area contributed by atoms with E-state index in [4.69, 9.17) is 4.74 Å². The lowest BCUT2D eigenvalue weighted by molar-refractivity contribution is -0.115. The Balaban J connectivity index is 2.16. The molecule has 0 saturated carbocycles. The summed E-state index contributed by atoms with van der Waals surface area (Å²) in [6, 6.07) is 0. The molecule has 2 rings (SSSR count). The maximum atomic E-state index is 11.0. The van der Waals surface area contributed by atoms with Gasteiger partial charge in [-0.05, 0) is 18.9 Å². The third-order valence-corrected chi connectivity index (χ3v) is 2.46. The third kappa shape index (κ3) is 1.36. The van der Waals surface area contributed by atoms with Crippen LogP contribution in [0.2, 0.25) is 0 Å². The predicted molar refractivity (Wildman–Crippen MR) is 41.3 cm³/mol. The fourth-order valence-corrected chi connectivity index (χ4v) is 1.78. The van der Waals surface area contributed by atoms with Crippen LogP contribution < -0.4 is 0 Å². The standard InChI is InChI=1S/C9H12O2/c10-9-2-1-8-6-11-4-3-7(8)5-9/h5,8H,1-4,6H2. The van der Waals surface area contributed by atoms with Gasteiger partial charge in [-0.2, -0.15) is 0 Å². The average Bonchev–Trinajstić information content (AvgIpc) is 2.04. The van der Waals surface area contributed by atoms with Crippen LogP contribution in [0, 0.1) is 5.92 Å². The smallest absolute Gasteiger partial charge is 0.155 e. The molecule has 1 heterocycles. The van der Waals surface area contributed by atoms with Gasteiger partial charge in [-0.3, -0.25) is 4.79 Å². The van der Waals surface area contributed by atoms with Crippen LogP contribution in [0.5, 0.6) is 0 Å². The first-order valence-electron chi connectivity index (χ1n) is 4.17. The van der Waals surface area contributed by atoms with Crippen molar-refractivity contribution in [2.75, 3.05) is 13.2 Å². The summed E-state index contributed by atoms with van der Waals surface area (Å²) in [5.41, 5.74) is 1.33. The minimum Gasteiger partial charge on any atom is -0.380 e. The van der Waals surface area contributed by atoms with Crippen LogP contribution >= 0.6 is 0 Å². The fraction of sp³-hybridized carbons (Fsp3) is 0.667. The van der Waals surface area contributed by atoms with Crippen LogP contribution in [0.1, 0.15) is 19.3 Å². The molecule has 1 saturated heterocycles. The zero-order valence-corrected chi connectivity index (χ0v) is 6.51. The summed E-state index contributed by atoms with van der Waals surface area (Å²) < 4.78 is 5.32. The van der Waals surface area contributed by atoms with Crippen LogP contribution in [0.15, 0.2) is 11.6 Å². The highest BCUT2D eigenvalue weighted by Crippen LogP contribution is 2.28. The molecule has 2 nitrogen and oxygen atoms in total. The van der Waals surface area contributed by atoms with E-state index in [1.807, 2.05) is 6.08 Å². The lowest BCUT2D eigenvalue weighted by Crippen LogP contribution is -2.24. The van der Waals surface area contributed by atoms with Crippen molar-refractivity contribution in [3.8, 4) is 0 Å². The van der Waals surface area contributed by atoms with Gasteiger partial charge in [0.2, 0.25) is 0 Å². The van der Waals surface area contributed by atoms with E-state index in [2.05, 4.69) is 0 Å². The minimum absolute atomic E-state index is 0.304. The van der Waals surface area contributed by atoms with E-state index < -0.39 is 0 Å². The van der Waals surface area contributed by atoms with Gasteiger partial charge in [-0.1, -0.05) is 5.57 Å². The summed E-state index contributed by atoms with van der Waals surface area (Å²) in [4.78, 5) is 11.0. The Kier molecular flexibility index (Phi) is 1.78. The third-order valence-electron chi connectivity index (χ3n) is 2.46. The summed E-state index contributed by atoms with van der Waals surface area (Å²) in [5, 5.41) is 0. The highest BCUT2D eigenvalue weighted by molar-refractivity contribution is 5.91. The van der Waals surface area contributed by atoms with Crippen LogP contribution in [0.25, 0.3) is 0 Å². The molecule has 0 aromatic rings. The molecule has 1 unspecified atom stereocenters. The topological polar surface area (TPSA) is 26.3 Å². The minimum atomic E-state index is 0.304. The molecule has 1 atom stereocenters. The molecule has 60 valence electrons. The number of allylic oxidation sites excluding steroid dienone is 1. The SMILES string of the molecule is O=C1C=C2CCOCC2CC1. The average molecular weight is 152 g/mol. The second kappa shape index (κ2) is 2.78. The zero-order chi connectivity index (χ0) is 7.68. The van der Waals surface area contributed by atoms with Crippen LogP contribution in [0.3, 0.4) is 0 Å². The normalized spacial score (nSPS) is 31.1. The van der Waals surface area contributed by atoms with Gasteiger partial charge in [0, 0.05) is 12.3 Å². The molecule has 0 spiro atoms. The highest BCUT2D eigenvalue weighted by Gasteiger charge is 2.24. The number of carbonyl (C=O) groups excluding carboxylic acids is 1. The molecule has 0 radical (unpaired) electrons. The molecule has 1 fully saturated rings. The first-order valence-corrected chi connectivity index (χ1v) is 4.17. The van der Waals surface area contributed by atoms with E-state index in [9.17, 15) is 4.79 Å². The molecule has 11 heavy (non-hydrogen) atoms. The van der Waals surface area contributed by atoms with E-state index in [0.717, 1.165) is 32.5 Å². The maximum absolute atomic E-state index is 11.0. The van der Waals surface area contributed by atoms with Gasteiger partial charge in [0.1, 0.15) is 0 Å². The Morgan fingerprint density at radius 1 is 1.45 bits per heavy atom. The Morgan fingerprint density at radius 3 is 3.27 bits per heavy atom. The maximum Gasteiger partial charge on any atom is 0.155 e. The fourth-order valence-electron chi connectivity index (χ4n) is 1.78. The molecule has 0 N–H and O–H groups in total. The second-order valence-corrected chi connectivity index (χ2v) is 3.25. The van der Waals surface area contributed by atoms with Crippen molar-refractivity contribution in [1.29, 1.82) is 0 Å². The van der Waals surface area contributed by atoms with Gasteiger partial charge >= 0.3 is 0 Å². The van der Waals surface area contributed by atoms with Crippen LogP contribution in [-0.2, 0) is 9.53 Å². The van der Waals surface area contributed by atoms with Gasteiger partial charge in [-0.25, -0.2) is 0 Å². The second-order valence-electron chi connectivity index (χ2n) is 3.25. The summed E-state index contributed by atoms with van der Waals surface area (Å²) >= 11 is 0. The Morgan fingerprint density at radius 2 is 2.36 bits per heavy atom. The molecular weight excluding hydrogens is 140 g/mol.